The summed E-state index contributed by atoms with van der Waals surface area (Å²) < 4.78 is 0. The Labute approximate surface area is 56.8 Å². The molecule has 0 aliphatic rings. The van der Waals surface area contributed by atoms with Crippen LogP contribution in [0, 0.1) is 0 Å². The predicted molar refractivity (Wildman–Crippen MR) is 42.2 cm³/mol. The number of allylic oxidation sites excluding steroid dienone is 4. The molecule has 0 amide bonds. The Morgan fingerprint density at radius 1 is 1.44 bits per heavy atom. The molecule has 0 fully saturated rings. The first-order chi connectivity index (χ1) is 4.31. The van der Waals surface area contributed by atoms with Crippen molar-refractivity contribution in [3.8, 4) is 0 Å². The van der Waals surface area contributed by atoms with E-state index in [4.69, 9.17) is 0 Å². The van der Waals surface area contributed by atoms with Crippen LogP contribution in [-0.4, -0.2) is 7.05 Å². The molecule has 9 heavy (non-hydrogen) atoms. The molecule has 0 aliphatic carbocycles. The first-order valence-corrected chi connectivity index (χ1v) is 2.96. The van der Waals surface area contributed by atoms with E-state index in [1.165, 1.54) is 0 Å². The largest absolute Gasteiger partial charge is 0.394 e. The molecule has 1 nitrogen and oxygen atoms in total. The second-order valence-corrected chi connectivity index (χ2v) is 1.70. The van der Waals surface area contributed by atoms with Crippen LogP contribution in [0.4, 0.5) is 0 Å². The van der Waals surface area contributed by atoms with Gasteiger partial charge in [0, 0.05) is 7.05 Å². The van der Waals surface area contributed by atoms with Gasteiger partial charge in [0.1, 0.15) is 0 Å². The SMILES string of the molecule is C=C(/C=C\C)/C=C\NC. The summed E-state index contributed by atoms with van der Waals surface area (Å²) in [5.74, 6) is 0. The van der Waals surface area contributed by atoms with Crippen molar-refractivity contribution in [1.82, 2.24) is 5.32 Å². The fraction of sp³-hybridized carbons (Fsp3) is 0.250. The van der Waals surface area contributed by atoms with Gasteiger partial charge in [-0.25, -0.2) is 0 Å². The zero-order valence-electron chi connectivity index (χ0n) is 6.02. The molecule has 0 rings (SSSR count). The normalized spacial score (nSPS) is 10.9. The van der Waals surface area contributed by atoms with Gasteiger partial charge in [0.2, 0.25) is 0 Å². The standard InChI is InChI=1S/C8H13N/c1-4-5-8(2)6-7-9-3/h4-7,9H,2H2,1,3H3/b5-4-,7-6-. The summed E-state index contributed by atoms with van der Waals surface area (Å²) in [6.45, 7) is 5.74. The summed E-state index contributed by atoms with van der Waals surface area (Å²) in [6, 6.07) is 0. The third-order valence-corrected chi connectivity index (χ3v) is 0.845. The molecule has 1 N–H and O–H groups in total. The van der Waals surface area contributed by atoms with Crippen molar-refractivity contribution in [2.24, 2.45) is 0 Å². The molecule has 0 spiro atoms. The second kappa shape index (κ2) is 5.16. The zero-order valence-corrected chi connectivity index (χ0v) is 6.02. The fourth-order valence-corrected chi connectivity index (χ4v) is 0.460. The van der Waals surface area contributed by atoms with Crippen molar-refractivity contribution >= 4 is 0 Å². The van der Waals surface area contributed by atoms with Crippen molar-refractivity contribution in [3.05, 3.63) is 36.6 Å². The van der Waals surface area contributed by atoms with Gasteiger partial charge in [0.25, 0.3) is 0 Å². The Hall–Kier alpha value is -0.980. The van der Waals surface area contributed by atoms with E-state index < -0.39 is 0 Å². The second-order valence-electron chi connectivity index (χ2n) is 1.70. The van der Waals surface area contributed by atoms with Crippen LogP contribution in [0.25, 0.3) is 0 Å². The van der Waals surface area contributed by atoms with Crippen LogP contribution in [0.2, 0.25) is 0 Å². The molecular weight excluding hydrogens is 110 g/mol. The highest BCUT2D eigenvalue weighted by molar-refractivity contribution is 5.26. The molecule has 0 unspecified atom stereocenters. The van der Waals surface area contributed by atoms with Gasteiger partial charge in [0.15, 0.2) is 0 Å². The van der Waals surface area contributed by atoms with E-state index in [2.05, 4.69) is 11.9 Å². The van der Waals surface area contributed by atoms with Crippen LogP contribution in [0.3, 0.4) is 0 Å². The molecule has 0 aromatic rings. The van der Waals surface area contributed by atoms with Crippen molar-refractivity contribution in [1.29, 1.82) is 0 Å². The van der Waals surface area contributed by atoms with Crippen molar-refractivity contribution in [3.63, 3.8) is 0 Å². The van der Waals surface area contributed by atoms with Crippen molar-refractivity contribution in [2.75, 3.05) is 7.05 Å². The quantitative estimate of drug-likeness (QED) is 0.565. The van der Waals surface area contributed by atoms with Crippen molar-refractivity contribution < 1.29 is 0 Å². The molecule has 0 heterocycles. The van der Waals surface area contributed by atoms with Gasteiger partial charge in [-0.1, -0.05) is 18.7 Å². The van der Waals surface area contributed by atoms with Crippen LogP contribution < -0.4 is 5.32 Å². The molecule has 0 aliphatic heterocycles. The average Bonchev–Trinajstić information content (AvgIpc) is 1.85. The first-order valence-electron chi connectivity index (χ1n) is 2.96. The van der Waals surface area contributed by atoms with Crippen LogP contribution >= 0.6 is 0 Å². The van der Waals surface area contributed by atoms with E-state index in [9.17, 15) is 0 Å². The van der Waals surface area contributed by atoms with E-state index in [0.29, 0.717) is 0 Å². The third kappa shape index (κ3) is 4.88. The number of hydrogen-bond acceptors (Lipinski definition) is 1. The van der Waals surface area contributed by atoms with Gasteiger partial charge in [-0.15, -0.1) is 0 Å². The summed E-state index contributed by atoms with van der Waals surface area (Å²) in [4.78, 5) is 0. The van der Waals surface area contributed by atoms with Gasteiger partial charge in [-0.3, -0.25) is 0 Å². The highest BCUT2D eigenvalue weighted by Crippen LogP contribution is 1.92. The maximum atomic E-state index is 3.77. The number of hydrogen-bond donors (Lipinski definition) is 1. The number of nitrogens with one attached hydrogen (secondary N) is 1. The molecule has 50 valence electrons. The van der Waals surface area contributed by atoms with Gasteiger partial charge >= 0.3 is 0 Å². The molecule has 0 bridgehead atoms. The van der Waals surface area contributed by atoms with E-state index in [-0.39, 0.29) is 0 Å². The lowest BCUT2D eigenvalue weighted by Crippen LogP contribution is -1.90. The Morgan fingerprint density at radius 2 is 2.11 bits per heavy atom. The van der Waals surface area contributed by atoms with E-state index in [0.717, 1.165) is 5.57 Å². The average molecular weight is 123 g/mol. The summed E-state index contributed by atoms with van der Waals surface area (Å²) in [5.41, 5.74) is 1.01. The number of rotatable bonds is 3. The van der Waals surface area contributed by atoms with E-state index in [1.807, 2.05) is 38.4 Å². The zero-order chi connectivity index (χ0) is 7.11. The Kier molecular flexibility index (Phi) is 4.60. The van der Waals surface area contributed by atoms with Crippen LogP contribution in [0.15, 0.2) is 36.6 Å². The minimum Gasteiger partial charge on any atom is -0.394 e. The lowest BCUT2D eigenvalue weighted by Gasteiger charge is -1.86. The highest BCUT2D eigenvalue weighted by atomic mass is 14.8. The molecule has 0 saturated carbocycles. The van der Waals surface area contributed by atoms with Gasteiger partial charge < -0.3 is 5.32 Å². The van der Waals surface area contributed by atoms with Crippen LogP contribution in [0.5, 0.6) is 0 Å². The lowest BCUT2D eigenvalue weighted by molar-refractivity contribution is 1.10. The Bertz CT molecular complexity index is 132. The Balaban J connectivity index is 3.63. The van der Waals surface area contributed by atoms with E-state index in [1.54, 1.807) is 0 Å². The molecule has 0 saturated heterocycles. The fourth-order valence-electron chi connectivity index (χ4n) is 0.460. The topological polar surface area (TPSA) is 12.0 Å². The summed E-state index contributed by atoms with van der Waals surface area (Å²) in [6.07, 6.45) is 7.68. The van der Waals surface area contributed by atoms with Gasteiger partial charge in [-0.05, 0) is 24.8 Å². The summed E-state index contributed by atoms with van der Waals surface area (Å²) in [5, 5.41) is 2.88. The van der Waals surface area contributed by atoms with Crippen molar-refractivity contribution in [2.45, 2.75) is 6.92 Å². The minimum atomic E-state index is 1.01. The molecule has 1 heteroatoms. The van der Waals surface area contributed by atoms with Gasteiger partial charge in [0.05, 0.1) is 0 Å². The predicted octanol–water partition coefficient (Wildman–Crippen LogP) is 1.85. The maximum Gasteiger partial charge on any atom is 0.00277 e. The molecule has 0 atom stereocenters. The molecule has 0 aromatic carbocycles. The maximum absolute atomic E-state index is 3.77. The smallest absolute Gasteiger partial charge is 0.00277 e. The molecular formula is C8H13N. The molecule has 0 radical (unpaired) electrons. The van der Waals surface area contributed by atoms with Crippen LogP contribution in [0.1, 0.15) is 6.92 Å². The summed E-state index contributed by atoms with van der Waals surface area (Å²) in [7, 11) is 1.86. The molecule has 0 aromatic heterocycles. The third-order valence-electron chi connectivity index (χ3n) is 0.845. The summed E-state index contributed by atoms with van der Waals surface area (Å²) >= 11 is 0. The monoisotopic (exact) mass is 123 g/mol. The lowest BCUT2D eigenvalue weighted by atomic mass is 10.3. The highest BCUT2D eigenvalue weighted by Gasteiger charge is 1.73. The van der Waals surface area contributed by atoms with Crippen LogP contribution in [-0.2, 0) is 0 Å². The Morgan fingerprint density at radius 3 is 2.56 bits per heavy atom. The van der Waals surface area contributed by atoms with Gasteiger partial charge in [-0.2, -0.15) is 0 Å². The minimum absolute atomic E-state index is 1.01. The van der Waals surface area contributed by atoms with E-state index >= 15 is 0 Å². The first kappa shape index (κ1) is 8.02.